The first-order chi connectivity index (χ1) is 15.0. The molecule has 7 nitrogen and oxygen atoms in total. The second-order valence-corrected chi connectivity index (χ2v) is 12.1. The quantitative estimate of drug-likeness (QED) is 0.485. The van der Waals surface area contributed by atoms with Crippen LogP contribution >= 0.6 is 7.60 Å². The van der Waals surface area contributed by atoms with Crippen LogP contribution in [0.4, 0.5) is 0 Å². The molecule has 32 heavy (non-hydrogen) atoms. The van der Waals surface area contributed by atoms with Crippen LogP contribution in [-0.2, 0) is 20.6 Å². The highest BCUT2D eigenvalue weighted by Gasteiger charge is 2.42. The lowest BCUT2D eigenvalue weighted by atomic mass is 9.88. The van der Waals surface area contributed by atoms with E-state index in [2.05, 4.69) is 12.2 Å². The van der Waals surface area contributed by atoms with Gasteiger partial charge in [-0.3, -0.25) is 9.88 Å². The Morgan fingerprint density at radius 3 is 2.44 bits per heavy atom. The van der Waals surface area contributed by atoms with Crippen LogP contribution in [0.1, 0.15) is 62.3 Å². The number of methoxy groups -OCH3 is 1. The number of benzene rings is 2. The molecule has 9 heteroatoms. The van der Waals surface area contributed by atoms with Gasteiger partial charge in [0.15, 0.2) is 9.84 Å². The zero-order valence-corrected chi connectivity index (χ0v) is 20.5. The van der Waals surface area contributed by atoms with Gasteiger partial charge in [0.2, 0.25) is 0 Å². The van der Waals surface area contributed by atoms with E-state index in [-0.39, 0.29) is 22.0 Å². The van der Waals surface area contributed by atoms with E-state index >= 15 is 0 Å². The fraction of sp³-hybridized carbons (Fsp3) is 0.478. The third-order valence-electron chi connectivity index (χ3n) is 6.17. The number of hydrogen-bond donors (Lipinski definition) is 3. The van der Waals surface area contributed by atoms with Gasteiger partial charge in [0.25, 0.3) is 0 Å². The highest BCUT2D eigenvalue weighted by Crippen LogP contribution is 2.45. The molecule has 176 valence electrons. The molecule has 0 spiro atoms. The monoisotopic (exact) mass is 481 g/mol. The molecule has 0 fully saturated rings. The third-order valence-corrected chi connectivity index (χ3v) is 8.88. The fourth-order valence-corrected chi connectivity index (χ4v) is 7.33. The molecular weight excluding hydrogens is 449 g/mol. The average Bonchev–Trinajstić information content (AvgIpc) is 2.84. The van der Waals surface area contributed by atoms with Gasteiger partial charge < -0.3 is 14.5 Å². The zero-order valence-electron chi connectivity index (χ0n) is 18.7. The summed E-state index contributed by atoms with van der Waals surface area (Å²) in [7, 11) is -6.75. The minimum absolute atomic E-state index is 0.0749. The maximum atomic E-state index is 13.7. The Hall–Kier alpha value is -1.70. The maximum Gasteiger partial charge on any atom is 0.330 e. The van der Waals surface area contributed by atoms with Gasteiger partial charge in [0.1, 0.15) is 5.75 Å². The van der Waals surface area contributed by atoms with Crippen molar-refractivity contribution >= 4 is 17.4 Å². The highest BCUT2D eigenvalue weighted by molar-refractivity contribution is 7.91. The minimum atomic E-state index is -4.43. The van der Waals surface area contributed by atoms with Gasteiger partial charge in [-0.05, 0) is 36.1 Å². The molecule has 0 saturated carbocycles. The molecular formula is C23H32NO6PS. The number of unbranched alkanes of at least 4 members (excludes halogenated alkanes) is 1. The van der Waals surface area contributed by atoms with Crippen LogP contribution in [0.3, 0.4) is 0 Å². The largest absolute Gasteiger partial charge is 0.496 e. The maximum absolute atomic E-state index is 13.7. The molecule has 2 atom stereocenters. The molecule has 1 aliphatic heterocycles. The number of sulfone groups is 1. The van der Waals surface area contributed by atoms with Crippen LogP contribution in [0.15, 0.2) is 47.4 Å². The Kier molecular flexibility index (Phi) is 7.52. The van der Waals surface area contributed by atoms with Crippen LogP contribution in [0.5, 0.6) is 5.75 Å². The highest BCUT2D eigenvalue weighted by atomic mass is 32.2. The summed E-state index contributed by atoms with van der Waals surface area (Å²) in [5.74, 6) is 0.191. The summed E-state index contributed by atoms with van der Waals surface area (Å²) in [5, 5.41) is 3.67. The van der Waals surface area contributed by atoms with Crippen molar-refractivity contribution in [2.75, 3.05) is 12.9 Å². The zero-order chi connectivity index (χ0) is 23.6. The Balaban J connectivity index is 2.28. The van der Waals surface area contributed by atoms with Crippen molar-refractivity contribution in [1.82, 2.24) is 5.32 Å². The average molecular weight is 482 g/mol. The summed E-state index contributed by atoms with van der Waals surface area (Å²) in [6, 6.07) is 12.2. The Morgan fingerprint density at radius 1 is 1.19 bits per heavy atom. The standard InChI is InChI=1S/C23H32NO6PS/c1-4-6-12-23(5-2)16-32(28,29)21-13-18(15-31(25,26)27)20(30-3)14-19(21)22(24-23)17-10-8-7-9-11-17/h7-11,13-14,22,24H,4-6,12,15-16H2,1-3H3,(H2,25,26,27). The number of ether oxygens (including phenoxy) is 1. The number of rotatable bonds is 8. The summed E-state index contributed by atoms with van der Waals surface area (Å²) in [6.07, 6.45) is 2.60. The second kappa shape index (κ2) is 9.65. The van der Waals surface area contributed by atoms with E-state index in [4.69, 9.17) is 4.74 Å². The lowest BCUT2D eigenvalue weighted by molar-refractivity contribution is 0.294. The Morgan fingerprint density at radius 2 is 1.88 bits per heavy atom. The van der Waals surface area contributed by atoms with Crippen LogP contribution in [0, 0.1) is 0 Å². The van der Waals surface area contributed by atoms with Crippen molar-refractivity contribution < 1.29 is 27.5 Å². The predicted molar refractivity (Wildman–Crippen MR) is 125 cm³/mol. The van der Waals surface area contributed by atoms with Crippen LogP contribution < -0.4 is 10.1 Å². The lowest BCUT2D eigenvalue weighted by Crippen LogP contribution is -2.50. The molecule has 2 unspecified atom stereocenters. The van der Waals surface area contributed by atoms with E-state index in [1.807, 2.05) is 37.3 Å². The van der Waals surface area contributed by atoms with Gasteiger partial charge in [0, 0.05) is 11.1 Å². The van der Waals surface area contributed by atoms with Crippen LogP contribution in [-0.4, -0.2) is 36.6 Å². The van der Waals surface area contributed by atoms with Crippen LogP contribution in [0.2, 0.25) is 0 Å². The molecule has 1 aliphatic rings. The SMILES string of the molecule is CCCCC1(CC)CS(=O)(=O)c2cc(CP(=O)(O)O)c(OC)cc2C(c2ccccc2)N1. The summed E-state index contributed by atoms with van der Waals surface area (Å²) < 4.78 is 44.4. The van der Waals surface area contributed by atoms with Crippen molar-refractivity contribution in [1.29, 1.82) is 0 Å². The topological polar surface area (TPSA) is 113 Å². The Bertz CT molecular complexity index is 1100. The molecule has 0 aliphatic carbocycles. The van der Waals surface area contributed by atoms with E-state index in [0.717, 1.165) is 18.4 Å². The molecule has 0 bridgehead atoms. The van der Waals surface area contributed by atoms with Crippen molar-refractivity contribution in [2.24, 2.45) is 0 Å². The van der Waals surface area contributed by atoms with E-state index in [1.54, 1.807) is 6.07 Å². The summed E-state index contributed by atoms with van der Waals surface area (Å²) in [4.78, 5) is 19.2. The van der Waals surface area contributed by atoms with Gasteiger partial charge >= 0.3 is 7.60 Å². The predicted octanol–water partition coefficient (Wildman–Crippen LogP) is 4.18. The molecule has 3 rings (SSSR count). The van der Waals surface area contributed by atoms with Gasteiger partial charge in [-0.2, -0.15) is 0 Å². The van der Waals surface area contributed by atoms with Gasteiger partial charge in [0.05, 0.1) is 30.0 Å². The number of fused-ring (bicyclic) bond motifs is 1. The first-order valence-electron chi connectivity index (χ1n) is 10.8. The summed E-state index contributed by atoms with van der Waals surface area (Å²) in [6.45, 7) is 4.08. The Labute approximate surface area is 190 Å². The van der Waals surface area contributed by atoms with E-state index in [9.17, 15) is 22.8 Å². The molecule has 2 aromatic carbocycles. The smallest absolute Gasteiger partial charge is 0.330 e. The van der Waals surface area contributed by atoms with Crippen molar-refractivity contribution in [2.45, 2.75) is 62.2 Å². The van der Waals surface area contributed by atoms with Crippen LogP contribution in [0.25, 0.3) is 0 Å². The summed E-state index contributed by atoms with van der Waals surface area (Å²) in [5.41, 5.74) is 1.03. The minimum Gasteiger partial charge on any atom is -0.496 e. The number of nitrogens with one attached hydrogen (secondary N) is 1. The molecule has 0 radical (unpaired) electrons. The van der Waals surface area contributed by atoms with E-state index in [0.29, 0.717) is 18.4 Å². The fourth-order valence-electron chi connectivity index (χ4n) is 4.46. The van der Waals surface area contributed by atoms with E-state index < -0.39 is 35.2 Å². The molecule has 1 heterocycles. The van der Waals surface area contributed by atoms with Gasteiger partial charge in [-0.15, -0.1) is 0 Å². The first kappa shape index (κ1) is 24.9. The number of hydrogen-bond acceptors (Lipinski definition) is 5. The molecule has 0 amide bonds. The molecule has 3 N–H and O–H groups in total. The van der Waals surface area contributed by atoms with E-state index in [1.165, 1.54) is 13.2 Å². The molecule has 0 aromatic heterocycles. The van der Waals surface area contributed by atoms with Gasteiger partial charge in [-0.25, -0.2) is 8.42 Å². The summed E-state index contributed by atoms with van der Waals surface area (Å²) >= 11 is 0. The van der Waals surface area contributed by atoms with Crippen molar-refractivity contribution in [3.05, 3.63) is 59.2 Å². The molecule has 0 saturated heterocycles. The first-order valence-corrected chi connectivity index (χ1v) is 14.3. The normalized spacial score (nSPS) is 22.7. The van der Waals surface area contributed by atoms with Crippen molar-refractivity contribution in [3.63, 3.8) is 0 Å². The lowest BCUT2D eigenvalue weighted by Gasteiger charge is -2.36. The second-order valence-electron chi connectivity index (χ2n) is 8.51. The van der Waals surface area contributed by atoms with Crippen molar-refractivity contribution in [3.8, 4) is 5.75 Å². The van der Waals surface area contributed by atoms with Gasteiger partial charge in [-0.1, -0.05) is 57.0 Å². The third kappa shape index (κ3) is 5.43. The molecule has 2 aromatic rings.